The van der Waals surface area contributed by atoms with Crippen molar-refractivity contribution in [3.05, 3.63) is 74.6 Å². The summed E-state index contributed by atoms with van der Waals surface area (Å²) in [6, 6.07) is 11.7. The SMILES string of the molecule is COc1ccc2c(C)c(CCC(=O)NCc3ccc4c(c3)CNC4)c(=O)oc2c1.Cl. The van der Waals surface area contributed by atoms with Crippen LogP contribution in [0.5, 0.6) is 5.75 Å². The van der Waals surface area contributed by atoms with E-state index in [4.69, 9.17) is 9.15 Å². The normalized spacial score (nSPS) is 12.3. The molecule has 3 aromatic rings. The molecule has 2 heterocycles. The topological polar surface area (TPSA) is 80.6 Å². The van der Waals surface area contributed by atoms with Crippen molar-refractivity contribution in [3.63, 3.8) is 0 Å². The molecular weight excluding hydrogens is 404 g/mol. The van der Waals surface area contributed by atoms with Crippen molar-refractivity contribution in [2.75, 3.05) is 7.11 Å². The van der Waals surface area contributed by atoms with Crippen LogP contribution in [0.2, 0.25) is 0 Å². The molecular formula is C23H25ClN2O4. The van der Waals surface area contributed by atoms with Crippen molar-refractivity contribution in [3.8, 4) is 5.75 Å². The van der Waals surface area contributed by atoms with Crippen molar-refractivity contribution in [1.29, 1.82) is 0 Å². The van der Waals surface area contributed by atoms with Crippen LogP contribution in [0.25, 0.3) is 11.0 Å². The van der Waals surface area contributed by atoms with E-state index in [0.717, 1.165) is 29.6 Å². The van der Waals surface area contributed by atoms with Gasteiger partial charge >= 0.3 is 5.63 Å². The molecule has 1 amide bonds. The van der Waals surface area contributed by atoms with E-state index in [-0.39, 0.29) is 24.7 Å². The van der Waals surface area contributed by atoms with Crippen molar-refractivity contribution in [1.82, 2.24) is 10.6 Å². The summed E-state index contributed by atoms with van der Waals surface area (Å²) in [7, 11) is 1.57. The Morgan fingerprint density at radius 1 is 1.17 bits per heavy atom. The number of hydrogen-bond acceptors (Lipinski definition) is 5. The maximum Gasteiger partial charge on any atom is 0.339 e. The molecule has 0 atom stereocenters. The number of ether oxygens (including phenoxy) is 1. The predicted octanol–water partition coefficient (Wildman–Crippen LogP) is 3.38. The highest BCUT2D eigenvalue weighted by atomic mass is 35.5. The van der Waals surface area contributed by atoms with Crippen LogP contribution in [0.1, 0.15) is 34.2 Å². The third-order valence-electron chi connectivity index (χ3n) is 5.49. The van der Waals surface area contributed by atoms with Crippen molar-refractivity contribution >= 4 is 29.3 Å². The number of fused-ring (bicyclic) bond motifs is 2. The molecule has 6 nitrogen and oxygen atoms in total. The van der Waals surface area contributed by atoms with E-state index in [2.05, 4.69) is 22.8 Å². The smallest absolute Gasteiger partial charge is 0.339 e. The molecule has 1 aliphatic rings. The Balaban J connectivity index is 0.00000256. The average molecular weight is 429 g/mol. The van der Waals surface area contributed by atoms with Gasteiger partial charge < -0.3 is 19.8 Å². The van der Waals surface area contributed by atoms with Crippen LogP contribution in [0.15, 0.2) is 45.6 Å². The molecule has 0 saturated heterocycles. The van der Waals surface area contributed by atoms with Crippen LogP contribution in [-0.2, 0) is 30.8 Å². The Morgan fingerprint density at radius 2 is 1.97 bits per heavy atom. The van der Waals surface area contributed by atoms with E-state index >= 15 is 0 Å². The summed E-state index contributed by atoms with van der Waals surface area (Å²) in [5, 5.41) is 7.11. The first-order chi connectivity index (χ1) is 14.0. The number of nitrogens with one attached hydrogen (secondary N) is 2. The van der Waals surface area contributed by atoms with Crippen molar-refractivity contribution in [2.45, 2.75) is 39.4 Å². The number of benzene rings is 2. The van der Waals surface area contributed by atoms with E-state index in [1.807, 2.05) is 25.1 Å². The number of methoxy groups -OCH3 is 1. The van der Waals surface area contributed by atoms with E-state index in [9.17, 15) is 9.59 Å². The average Bonchev–Trinajstić information content (AvgIpc) is 3.19. The summed E-state index contributed by atoms with van der Waals surface area (Å²) in [5.74, 6) is 0.548. The van der Waals surface area contributed by atoms with E-state index in [1.165, 1.54) is 11.1 Å². The molecule has 0 radical (unpaired) electrons. The zero-order valence-corrected chi connectivity index (χ0v) is 17.9. The maximum absolute atomic E-state index is 12.4. The van der Waals surface area contributed by atoms with E-state index in [1.54, 1.807) is 13.2 Å². The highest BCUT2D eigenvalue weighted by molar-refractivity contribution is 5.85. The number of rotatable bonds is 6. The Morgan fingerprint density at radius 3 is 2.77 bits per heavy atom. The summed E-state index contributed by atoms with van der Waals surface area (Å²) >= 11 is 0. The van der Waals surface area contributed by atoms with Crippen molar-refractivity contribution in [2.24, 2.45) is 0 Å². The molecule has 0 unspecified atom stereocenters. The Kier molecular flexibility index (Phi) is 6.80. The van der Waals surface area contributed by atoms with Crippen LogP contribution in [0, 0.1) is 6.92 Å². The van der Waals surface area contributed by atoms with E-state index < -0.39 is 5.63 Å². The molecule has 2 aromatic carbocycles. The molecule has 1 aliphatic heterocycles. The number of carbonyl (C=O) groups is 1. The Bertz CT molecular complexity index is 1140. The highest BCUT2D eigenvalue weighted by Crippen LogP contribution is 2.24. The van der Waals surface area contributed by atoms with Gasteiger partial charge in [0.15, 0.2) is 0 Å². The second-order valence-corrected chi connectivity index (χ2v) is 7.34. The van der Waals surface area contributed by atoms with Gasteiger partial charge in [-0.2, -0.15) is 0 Å². The first-order valence-electron chi connectivity index (χ1n) is 9.73. The predicted molar refractivity (Wildman–Crippen MR) is 118 cm³/mol. The number of aryl methyl sites for hydroxylation is 1. The minimum Gasteiger partial charge on any atom is -0.497 e. The summed E-state index contributed by atoms with van der Waals surface area (Å²) in [6.07, 6.45) is 0.579. The zero-order chi connectivity index (χ0) is 20.4. The second kappa shape index (κ2) is 9.32. The fraction of sp³-hybridized carbons (Fsp3) is 0.304. The maximum atomic E-state index is 12.4. The molecule has 158 valence electrons. The second-order valence-electron chi connectivity index (χ2n) is 7.34. The first kappa shape index (κ1) is 21.9. The lowest BCUT2D eigenvalue weighted by atomic mass is 10.0. The zero-order valence-electron chi connectivity index (χ0n) is 17.0. The molecule has 4 rings (SSSR count). The monoisotopic (exact) mass is 428 g/mol. The van der Waals surface area contributed by atoms with Crippen LogP contribution in [-0.4, -0.2) is 13.0 Å². The summed E-state index contributed by atoms with van der Waals surface area (Å²) in [4.78, 5) is 24.7. The number of halogens is 1. The van der Waals surface area contributed by atoms with Gasteiger partial charge in [-0.1, -0.05) is 18.2 Å². The van der Waals surface area contributed by atoms with Gasteiger partial charge in [-0.15, -0.1) is 12.4 Å². The van der Waals surface area contributed by atoms with Crippen molar-refractivity contribution < 1.29 is 13.9 Å². The van der Waals surface area contributed by atoms with Gasteiger partial charge in [-0.25, -0.2) is 4.79 Å². The largest absolute Gasteiger partial charge is 0.497 e. The quantitative estimate of drug-likeness (QED) is 0.588. The van der Waals surface area contributed by atoms with Gasteiger partial charge in [0.25, 0.3) is 0 Å². The molecule has 1 aromatic heterocycles. The Labute approximate surface area is 181 Å². The lowest BCUT2D eigenvalue weighted by molar-refractivity contribution is -0.121. The molecule has 0 fully saturated rings. The first-order valence-corrected chi connectivity index (χ1v) is 9.73. The van der Waals surface area contributed by atoms with Crippen LogP contribution in [0.4, 0.5) is 0 Å². The Hall–Kier alpha value is -2.83. The molecule has 0 bridgehead atoms. The van der Waals surface area contributed by atoms with Gasteiger partial charge in [0.2, 0.25) is 5.91 Å². The minimum absolute atomic E-state index is 0. The van der Waals surface area contributed by atoms with Crippen LogP contribution < -0.4 is 21.0 Å². The van der Waals surface area contributed by atoms with Gasteiger partial charge in [-0.05, 0) is 47.7 Å². The fourth-order valence-electron chi connectivity index (χ4n) is 3.78. The molecule has 0 spiro atoms. The summed E-state index contributed by atoms with van der Waals surface area (Å²) in [5.41, 5.74) is 5.16. The fourth-order valence-corrected chi connectivity index (χ4v) is 3.78. The lowest BCUT2D eigenvalue weighted by Gasteiger charge is -2.10. The summed E-state index contributed by atoms with van der Waals surface area (Å²) < 4.78 is 10.6. The van der Waals surface area contributed by atoms with Gasteiger partial charge in [0.1, 0.15) is 11.3 Å². The van der Waals surface area contributed by atoms with Gasteiger partial charge in [0, 0.05) is 43.1 Å². The molecule has 2 N–H and O–H groups in total. The molecule has 0 aliphatic carbocycles. The number of hydrogen-bond donors (Lipinski definition) is 2. The molecule has 30 heavy (non-hydrogen) atoms. The van der Waals surface area contributed by atoms with Gasteiger partial charge in [0.05, 0.1) is 7.11 Å². The number of carbonyl (C=O) groups excluding carboxylic acids is 1. The summed E-state index contributed by atoms with van der Waals surface area (Å²) in [6.45, 7) is 4.15. The van der Waals surface area contributed by atoms with E-state index in [0.29, 0.717) is 29.9 Å². The number of amides is 1. The third kappa shape index (κ3) is 4.50. The van der Waals surface area contributed by atoms with Gasteiger partial charge in [-0.3, -0.25) is 4.79 Å². The highest BCUT2D eigenvalue weighted by Gasteiger charge is 2.14. The molecule has 7 heteroatoms. The minimum atomic E-state index is -0.401. The molecule has 0 saturated carbocycles. The van der Waals surface area contributed by atoms with Crippen LogP contribution >= 0.6 is 12.4 Å². The van der Waals surface area contributed by atoms with Crippen LogP contribution in [0.3, 0.4) is 0 Å². The third-order valence-corrected chi connectivity index (χ3v) is 5.49. The lowest BCUT2D eigenvalue weighted by Crippen LogP contribution is -2.24. The standard InChI is InChI=1S/C23H24N2O4.ClH/c1-14-19-6-5-18(28-2)10-21(19)29-23(27)20(14)7-8-22(26)25-11-15-3-4-16-12-24-13-17(16)9-15;/h3-6,9-10,24H,7-8,11-13H2,1-2H3,(H,25,26);1H.